The molecule has 1 fully saturated rings. The van der Waals surface area contributed by atoms with Crippen molar-refractivity contribution >= 4 is 16.7 Å². The number of nitrogen functional groups attached to an aromatic ring is 1. The van der Waals surface area contributed by atoms with Gasteiger partial charge in [0.1, 0.15) is 5.82 Å². The molecule has 18 heavy (non-hydrogen) atoms. The third kappa shape index (κ3) is 1.60. The fraction of sp³-hybridized carbons (Fsp3) is 0.500. The molecule has 3 rings (SSSR count). The van der Waals surface area contributed by atoms with E-state index in [9.17, 15) is 0 Å². The zero-order valence-corrected chi connectivity index (χ0v) is 10.9. The summed E-state index contributed by atoms with van der Waals surface area (Å²) in [5, 5.41) is 0. The van der Waals surface area contributed by atoms with Crippen LogP contribution in [0, 0.1) is 0 Å². The second kappa shape index (κ2) is 3.99. The van der Waals surface area contributed by atoms with E-state index in [1.165, 1.54) is 0 Å². The van der Waals surface area contributed by atoms with Crippen LogP contribution in [0.1, 0.15) is 26.1 Å². The molecule has 4 heteroatoms. The molecule has 0 aliphatic carbocycles. The van der Waals surface area contributed by atoms with Crippen molar-refractivity contribution in [2.75, 3.05) is 18.9 Å². The highest BCUT2D eigenvalue weighted by atomic mass is 16.5. The molecule has 1 atom stereocenters. The van der Waals surface area contributed by atoms with Crippen molar-refractivity contribution in [3.63, 3.8) is 0 Å². The molecule has 1 saturated heterocycles. The monoisotopic (exact) mass is 245 g/mol. The van der Waals surface area contributed by atoms with Gasteiger partial charge in [-0.25, -0.2) is 4.98 Å². The van der Waals surface area contributed by atoms with Crippen LogP contribution in [-0.4, -0.2) is 22.8 Å². The summed E-state index contributed by atoms with van der Waals surface area (Å²) in [5.74, 6) is 1.11. The Morgan fingerprint density at radius 1 is 1.50 bits per heavy atom. The summed E-state index contributed by atoms with van der Waals surface area (Å²) < 4.78 is 7.92. The van der Waals surface area contributed by atoms with Crippen LogP contribution in [0.2, 0.25) is 0 Å². The van der Waals surface area contributed by atoms with Crippen molar-refractivity contribution in [1.29, 1.82) is 0 Å². The number of fused-ring (bicyclic) bond motifs is 1. The zero-order chi connectivity index (χ0) is 12.8. The second-order valence-corrected chi connectivity index (χ2v) is 5.26. The molecule has 0 spiro atoms. The van der Waals surface area contributed by atoms with Gasteiger partial charge in [-0.2, -0.15) is 0 Å². The van der Waals surface area contributed by atoms with Crippen molar-refractivity contribution in [2.24, 2.45) is 0 Å². The largest absolute Gasteiger partial charge is 0.399 e. The van der Waals surface area contributed by atoms with Crippen LogP contribution in [0.25, 0.3) is 11.0 Å². The minimum atomic E-state index is 0.0240. The number of aromatic nitrogens is 2. The summed E-state index contributed by atoms with van der Waals surface area (Å²) >= 11 is 0. The van der Waals surface area contributed by atoms with Crippen LogP contribution in [0.4, 0.5) is 5.69 Å². The number of nitrogens with two attached hydrogens (primary N) is 1. The standard InChI is InChI=1S/C14H19N3O/c1-3-13-16-11-8-10(15)4-5-12(11)17(13)14(2)6-7-18-9-14/h4-5,8H,3,6-7,9,15H2,1-2H3. The van der Waals surface area contributed by atoms with Crippen LogP contribution < -0.4 is 5.73 Å². The lowest BCUT2D eigenvalue weighted by molar-refractivity contribution is 0.162. The number of imidazole rings is 1. The maximum Gasteiger partial charge on any atom is 0.110 e. The number of anilines is 1. The van der Waals surface area contributed by atoms with Gasteiger partial charge in [0.15, 0.2) is 0 Å². The lowest BCUT2D eigenvalue weighted by atomic mass is 10.0. The van der Waals surface area contributed by atoms with Gasteiger partial charge in [-0.1, -0.05) is 6.92 Å². The summed E-state index contributed by atoms with van der Waals surface area (Å²) in [6.45, 7) is 5.97. The summed E-state index contributed by atoms with van der Waals surface area (Å²) in [7, 11) is 0. The Kier molecular flexibility index (Phi) is 2.55. The molecular weight excluding hydrogens is 226 g/mol. The Bertz CT molecular complexity index is 582. The smallest absolute Gasteiger partial charge is 0.110 e. The van der Waals surface area contributed by atoms with Crippen molar-refractivity contribution in [3.05, 3.63) is 24.0 Å². The van der Waals surface area contributed by atoms with Crippen LogP contribution in [0.3, 0.4) is 0 Å². The summed E-state index contributed by atoms with van der Waals surface area (Å²) in [5.41, 5.74) is 8.77. The van der Waals surface area contributed by atoms with Gasteiger partial charge in [0.2, 0.25) is 0 Å². The third-order valence-corrected chi connectivity index (χ3v) is 3.80. The Balaban J connectivity index is 2.25. The van der Waals surface area contributed by atoms with E-state index in [-0.39, 0.29) is 5.54 Å². The fourth-order valence-electron chi connectivity index (χ4n) is 2.82. The van der Waals surface area contributed by atoms with Crippen molar-refractivity contribution in [1.82, 2.24) is 9.55 Å². The first-order chi connectivity index (χ1) is 8.64. The van der Waals surface area contributed by atoms with Gasteiger partial charge >= 0.3 is 0 Å². The van der Waals surface area contributed by atoms with Crippen LogP contribution in [0.5, 0.6) is 0 Å². The van der Waals surface area contributed by atoms with Gasteiger partial charge in [0.25, 0.3) is 0 Å². The maximum atomic E-state index is 5.84. The van der Waals surface area contributed by atoms with E-state index in [0.717, 1.165) is 48.6 Å². The molecule has 0 amide bonds. The number of benzene rings is 1. The highest BCUT2D eigenvalue weighted by Gasteiger charge is 2.34. The number of ether oxygens (including phenoxy) is 1. The Morgan fingerprint density at radius 3 is 3.00 bits per heavy atom. The predicted molar refractivity (Wildman–Crippen MR) is 72.6 cm³/mol. The van der Waals surface area contributed by atoms with Crippen molar-refractivity contribution in [3.8, 4) is 0 Å². The fourth-order valence-corrected chi connectivity index (χ4v) is 2.82. The predicted octanol–water partition coefficient (Wildman–Crippen LogP) is 2.32. The molecule has 1 aliphatic heterocycles. The molecule has 0 saturated carbocycles. The Labute approximate surface area is 107 Å². The third-order valence-electron chi connectivity index (χ3n) is 3.80. The van der Waals surface area contributed by atoms with E-state index in [4.69, 9.17) is 15.5 Å². The molecule has 2 aromatic rings. The highest BCUT2D eigenvalue weighted by Crippen LogP contribution is 2.33. The van der Waals surface area contributed by atoms with Gasteiger partial charge < -0.3 is 15.0 Å². The zero-order valence-electron chi connectivity index (χ0n) is 10.9. The molecule has 2 N–H and O–H groups in total. The first kappa shape index (κ1) is 11.5. The number of rotatable bonds is 2. The molecule has 4 nitrogen and oxygen atoms in total. The first-order valence-corrected chi connectivity index (χ1v) is 6.49. The van der Waals surface area contributed by atoms with Gasteiger partial charge in [-0.05, 0) is 31.5 Å². The summed E-state index contributed by atoms with van der Waals surface area (Å²) in [6, 6.07) is 5.96. The Hall–Kier alpha value is -1.55. The maximum absolute atomic E-state index is 5.84. The van der Waals surface area contributed by atoms with E-state index in [1.54, 1.807) is 0 Å². The van der Waals surface area contributed by atoms with Gasteiger partial charge in [-0.3, -0.25) is 0 Å². The molecule has 1 aromatic carbocycles. The lowest BCUT2D eigenvalue weighted by Crippen LogP contribution is -2.31. The van der Waals surface area contributed by atoms with Crippen LogP contribution in [0.15, 0.2) is 18.2 Å². The normalized spacial score (nSPS) is 23.9. The van der Waals surface area contributed by atoms with E-state index in [0.29, 0.717) is 0 Å². The molecule has 1 aromatic heterocycles. The molecule has 96 valence electrons. The van der Waals surface area contributed by atoms with Gasteiger partial charge in [-0.15, -0.1) is 0 Å². The molecule has 2 heterocycles. The lowest BCUT2D eigenvalue weighted by Gasteiger charge is -2.27. The SMILES string of the molecule is CCc1nc2cc(N)ccc2n1C1(C)CCOC1. The van der Waals surface area contributed by atoms with Crippen molar-refractivity contribution < 1.29 is 4.74 Å². The molecule has 1 unspecified atom stereocenters. The van der Waals surface area contributed by atoms with E-state index >= 15 is 0 Å². The number of nitrogens with zero attached hydrogens (tertiary/aromatic N) is 2. The minimum absolute atomic E-state index is 0.0240. The number of hydrogen-bond acceptors (Lipinski definition) is 3. The number of aryl methyl sites for hydroxylation is 1. The van der Waals surface area contributed by atoms with Crippen LogP contribution >= 0.6 is 0 Å². The van der Waals surface area contributed by atoms with Gasteiger partial charge in [0.05, 0.1) is 23.2 Å². The molecule has 1 aliphatic rings. The van der Waals surface area contributed by atoms with Crippen molar-refractivity contribution in [2.45, 2.75) is 32.2 Å². The van der Waals surface area contributed by atoms with E-state index in [2.05, 4.69) is 24.5 Å². The topological polar surface area (TPSA) is 53.1 Å². The minimum Gasteiger partial charge on any atom is -0.399 e. The quantitative estimate of drug-likeness (QED) is 0.826. The van der Waals surface area contributed by atoms with Crippen LogP contribution in [-0.2, 0) is 16.7 Å². The van der Waals surface area contributed by atoms with E-state index in [1.807, 2.05) is 12.1 Å². The second-order valence-electron chi connectivity index (χ2n) is 5.26. The highest BCUT2D eigenvalue weighted by molar-refractivity contribution is 5.80. The summed E-state index contributed by atoms with van der Waals surface area (Å²) in [4.78, 5) is 4.71. The molecule has 0 bridgehead atoms. The first-order valence-electron chi connectivity index (χ1n) is 6.49. The number of hydrogen-bond donors (Lipinski definition) is 1. The summed E-state index contributed by atoms with van der Waals surface area (Å²) in [6.07, 6.45) is 1.96. The Morgan fingerprint density at radius 2 is 2.33 bits per heavy atom. The average Bonchev–Trinajstić information content (AvgIpc) is 2.92. The molecule has 0 radical (unpaired) electrons. The average molecular weight is 245 g/mol. The molecular formula is C14H19N3O. The van der Waals surface area contributed by atoms with Gasteiger partial charge in [0, 0.05) is 18.7 Å². The van der Waals surface area contributed by atoms with E-state index < -0.39 is 0 Å².